The topological polar surface area (TPSA) is 157 Å². The van der Waals surface area contributed by atoms with E-state index in [1.165, 1.54) is 0 Å². The summed E-state index contributed by atoms with van der Waals surface area (Å²) in [5.74, 6) is -0.123. The molecule has 0 aliphatic heterocycles. The number of ether oxygens (including phenoxy) is 3. The maximum Gasteiger partial charge on any atom is 0.165 e. The number of anilines is 3. The lowest BCUT2D eigenvalue weighted by atomic mass is 9.87. The van der Waals surface area contributed by atoms with Crippen molar-refractivity contribution < 1.29 is 28.6 Å². The Morgan fingerprint density at radius 2 is 0.812 bits per heavy atom. The highest BCUT2D eigenvalue weighted by atomic mass is 16.5. The molecule has 0 aliphatic carbocycles. The molecule has 3 rings (SSSR count). The van der Waals surface area contributed by atoms with Gasteiger partial charge in [0.15, 0.2) is 17.3 Å². The Kier molecular flexibility index (Phi) is 15.3. The molecule has 0 amide bonds. The second-order valence-electron chi connectivity index (χ2n) is 13.4. The van der Waals surface area contributed by atoms with Gasteiger partial charge in [-0.3, -0.25) is 14.4 Å². The summed E-state index contributed by atoms with van der Waals surface area (Å²) in [6.45, 7) is 10.2. The van der Waals surface area contributed by atoms with Crippen LogP contribution in [0.15, 0.2) is 72.8 Å². The molecule has 3 atom stereocenters. The highest BCUT2D eigenvalue weighted by molar-refractivity contribution is 6.01. The fourth-order valence-corrected chi connectivity index (χ4v) is 5.57. The highest BCUT2D eigenvalue weighted by Crippen LogP contribution is 2.27. The van der Waals surface area contributed by atoms with Crippen LogP contribution in [0, 0.1) is 23.2 Å². The summed E-state index contributed by atoms with van der Waals surface area (Å²) in [6, 6.07) is 21.3. The fraction of sp³-hybridized carbons (Fsp3) is 0.462. The number of carbonyl (C=O) groups excluding carboxylic acids is 3. The first-order valence-corrected chi connectivity index (χ1v) is 16.8. The Morgan fingerprint density at radius 3 is 1.06 bits per heavy atom. The van der Waals surface area contributed by atoms with E-state index in [2.05, 4.69) is 6.92 Å². The summed E-state index contributed by atoms with van der Waals surface area (Å²) in [5.41, 5.74) is 20.5. The maximum atomic E-state index is 12.8. The molecule has 0 radical (unpaired) electrons. The lowest BCUT2D eigenvalue weighted by Gasteiger charge is -2.33. The molecule has 3 unspecified atom stereocenters. The summed E-state index contributed by atoms with van der Waals surface area (Å²) < 4.78 is 18.7. The van der Waals surface area contributed by atoms with Crippen molar-refractivity contribution >= 4 is 34.4 Å². The molecule has 0 fully saturated rings. The summed E-state index contributed by atoms with van der Waals surface area (Å²) in [7, 11) is 0. The van der Waals surface area contributed by atoms with E-state index in [-0.39, 0.29) is 35.1 Å². The first-order valence-electron chi connectivity index (χ1n) is 16.8. The third-order valence-corrected chi connectivity index (χ3v) is 8.57. The van der Waals surface area contributed by atoms with Crippen molar-refractivity contribution in [1.29, 1.82) is 0 Å². The number of ketones is 3. The smallest absolute Gasteiger partial charge is 0.165 e. The van der Waals surface area contributed by atoms with Gasteiger partial charge in [0, 0.05) is 78.3 Å². The summed E-state index contributed by atoms with van der Waals surface area (Å²) >= 11 is 0. The number of hydrogen-bond donors (Lipinski definition) is 3. The molecule has 3 aromatic carbocycles. The number of para-hydroxylation sites is 3. The Labute approximate surface area is 285 Å². The highest BCUT2D eigenvalue weighted by Gasteiger charge is 2.31. The average Bonchev–Trinajstić information content (AvgIpc) is 3.04. The Morgan fingerprint density at radius 1 is 0.542 bits per heavy atom. The number of nitrogen functional groups attached to an aromatic ring is 3. The molecule has 3 aromatic rings. The van der Waals surface area contributed by atoms with Gasteiger partial charge < -0.3 is 31.4 Å². The molecular formula is C39H53N3O6. The van der Waals surface area contributed by atoms with Crippen molar-refractivity contribution in [2.45, 2.75) is 53.4 Å². The molecule has 6 N–H and O–H groups in total. The van der Waals surface area contributed by atoms with E-state index in [1.807, 2.05) is 57.2 Å². The van der Waals surface area contributed by atoms with Crippen LogP contribution in [0.4, 0.5) is 17.1 Å². The lowest BCUT2D eigenvalue weighted by Crippen LogP contribution is -2.38. The molecule has 48 heavy (non-hydrogen) atoms. The van der Waals surface area contributed by atoms with E-state index < -0.39 is 5.41 Å². The molecule has 0 aliphatic rings. The third-order valence-electron chi connectivity index (χ3n) is 8.57. The lowest BCUT2D eigenvalue weighted by molar-refractivity contribution is -0.0829. The van der Waals surface area contributed by atoms with Gasteiger partial charge in [0.05, 0.1) is 19.8 Å². The van der Waals surface area contributed by atoms with Crippen molar-refractivity contribution in [3.05, 3.63) is 89.5 Å². The van der Waals surface area contributed by atoms with Crippen LogP contribution < -0.4 is 17.2 Å². The number of benzene rings is 3. The Balaban J connectivity index is 1.58. The maximum absolute atomic E-state index is 12.8. The van der Waals surface area contributed by atoms with Crippen LogP contribution in [-0.2, 0) is 14.2 Å². The van der Waals surface area contributed by atoms with Gasteiger partial charge in [-0.05, 0) is 60.6 Å². The van der Waals surface area contributed by atoms with Gasteiger partial charge in [-0.15, -0.1) is 0 Å². The van der Waals surface area contributed by atoms with Crippen molar-refractivity contribution in [2.75, 3.05) is 56.8 Å². The molecule has 0 spiro atoms. The van der Waals surface area contributed by atoms with E-state index >= 15 is 0 Å². The average molecular weight is 660 g/mol. The largest absolute Gasteiger partial charge is 0.398 e. The van der Waals surface area contributed by atoms with Crippen molar-refractivity contribution in [3.8, 4) is 0 Å². The van der Waals surface area contributed by atoms with Gasteiger partial charge in [0.2, 0.25) is 0 Å². The number of nitrogens with two attached hydrogens (primary N) is 3. The predicted molar refractivity (Wildman–Crippen MR) is 192 cm³/mol. The Bertz CT molecular complexity index is 1320. The standard InChI is InChI=1S/C39H53N3O6/c1-5-39(24-46-21-27(2)18-36(43)30-12-6-9-15-33(30)40,25-47-22-28(3)19-37(44)31-13-7-10-16-34(31)41)26-48-23-29(4)20-38(45)32-14-8-11-17-35(32)42/h6-17,27-29H,5,18-26,40-42H2,1-4H3. The van der Waals surface area contributed by atoms with E-state index in [9.17, 15) is 14.4 Å². The summed E-state index contributed by atoms with van der Waals surface area (Å²) in [4.78, 5) is 38.5. The number of carbonyl (C=O) groups is 3. The van der Waals surface area contributed by atoms with Gasteiger partial charge >= 0.3 is 0 Å². The first-order chi connectivity index (χ1) is 22.9. The molecule has 0 saturated heterocycles. The van der Waals surface area contributed by atoms with Crippen LogP contribution in [0.2, 0.25) is 0 Å². The summed E-state index contributed by atoms with van der Waals surface area (Å²) in [6.07, 6.45) is 1.66. The fourth-order valence-electron chi connectivity index (χ4n) is 5.57. The molecule has 260 valence electrons. The van der Waals surface area contributed by atoms with E-state index in [0.717, 1.165) is 0 Å². The first kappa shape index (κ1) is 38.4. The minimum Gasteiger partial charge on any atom is -0.398 e. The molecule has 0 heterocycles. The summed E-state index contributed by atoms with van der Waals surface area (Å²) in [5, 5.41) is 0. The molecule has 0 saturated carbocycles. The zero-order valence-corrected chi connectivity index (χ0v) is 28.9. The zero-order chi connectivity index (χ0) is 35.1. The normalized spacial score (nSPS) is 14.5. The monoisotopic (exact) mass is 659 g/mol. The minimum atomic E-state index is -0.477. The van der Waals surface area contributed by atoms with E-state index in [0.29, 0.717) is 99.1 Å². The van der Waals surface area contributed by atoms with Crippen molar-refractivity contribution in [1.82, 2.24) is 0 Å². The molecule has 9 nitrogen and oxygen atoms in total. The SMILES string of the molecule is CCC(COCC(C)CC(=O)c1ccccc1N)(COCC(C)CC(=O)c1ccccc1N)COCC(C)CC(=O)c1ccccc1N. The predicted octanol–water partition coefficient (Wildman–Crippen LogP) is 6.91. The van der Waals surface area contributed by atoms with E-state index in [4.69, 9.17) is 31.4 Å². The quantitative estimate of drug-likeness (QED) is 0.0770. The molecular weight excluding hydrogens is 606 g/mol. The van der Waals surface area contributed by atoms with Crippen LogP contribution in [-0.4, -0.2) is 57.0 Å². The number of hydrogen-bond acceptors (Lipinski definition) is 9. The van der Waals surface area contributed by atoms with Gasteiger partial charge in [0.25, 0.3) is 0 Å². The van der Waals surface area contributed by atoms with Gasteiger partial charge in [-0.2, -0.15) is 0 Å². The van der Waals surface area contributed by atoms with E-state index in [1.54, 1.807) is 36.4 Å². The van der Waals surface area contributed by atoms with Crippen LogP contribution in [0.5, 0.6) is 0 Å². The van der Waals surface area contributed by atoms with Gasteiger partial charge in [0.1, 0.15) is 0 Å². The minimum absolute atomic E-state index is 0.0146. The van der Waals surface area contributed by atoms with Crippen LogP contribution in [0.25, 0.3) is 0 Å². The third kappa shape index (κ3) is 11.9. The van der Waals surface area contributed by atoms with Crippen molar-refractivity contribution in [3.63, 3.8) is 0 Å². The number of Topliss-reactive ketones (excluding diaryl/α,β-unsaturated/α-hetero) is 3. The van der Waals surface area contributed by atoms with Crippen LogP contribution in [0.3, 0.4) is 0 Å². The van der Waals surface area contributed by atoms with Gasteiger partial charge in [-0.25, -0.2) is 0 Å². The van der Waals surface area contributed by atoms with Crippen LogP contribution >= 0.6 is 0 Å². The Hall–Kier alpha value is -4.05. The second kappa shape index (κ2) is 19.1. The molecule has 9 heteroatoms. The molecule has 0 aromatic heterocycles. The molecule has 0 bridgehead atoms. The van der Waals surface area contributed by atoms with Crippen molar-refractivity contribution in [2.24, 2.45) is 23.2 Å². The second-order valence-corrected chi connectivity index (χ2v) is 13.4. The van der Waals surface area contributed by atoms with Crippen LogP contribution in [0.1, 0.15) is 84.5 Å². The van der Waals surface area contributed by atoms with Gasteiger partial charge in [-0.1, -0.05) is 64.1 Å². The number of rotatable bonds is 22. The zero-order valence-electron chi connectivity index (χ0n) is 28.9.